The van der Waals surface area contributed by atoms with E-state index in [0.717, 1.165) is 5.39 Å². The lowest BCUT2D eigenvalue weighted by Gasteiger charge is -2.13. The molecule has 7 heteroatoms. The van der Waals surface area contributed by atoms with Gasteiger partial charge in [-0.05, 0) is 42.0 Å². The highest BCUT2D eigenvalue weighted by Crippen LogP contribution is 2.37. The Bertz CT molecular complexity index is 1600. The number of hydrogen-bond acceptors (Lipinski definition) is 4. The summed E-state index contributed by atoms with van der Waals surface area (Å²) in [7, 11) is 0. The van der Waals surface area contributed by atoms with E-state index in [2.05, 4.69) is 15.0 Å². The summed E-state index contributed by atoms with van der Waals surface area (Å²) in [4.78, 5) is 24.2. The maximum atomic E-state index is 15.1. The Balaban J connectivity index is 1.90. The molecular weight excluding hydrogens is 415 g/mol. The number of H-pyrrole nitrogens is 1. The zero-order chi connectivity index (χ0) is 21.5. The van der Waals surface area contributed by atoms with Crippen LogP contribution in [-0.4, -0.2) is 15.0 Å². The van der Waals surface area contributed by atoms with E-state index < -0.39 is 5.82 Å². The molecule has 5 nitrogen and oxygen atoms in total. The fraction of sp³-hybridized carbons (Fsp3) is 0. The van der Waals surface area contributed by atoms with Crippen molar-refractivity contribution in [2.75, 3.05) is 0 Å². The van der Waals surface area contributed by atoms with E-state index in [-0.39, 0.29) is 16.6 Å². The summed E-state index contributed by atoms with van der Waals surface area (Å²) in [5.74, 6) is -0.676. The van der Waals surface area contributed by atoms with Crippen molar-refractivity contribution < 1.29 is 4.39 Å². The smallest absolute Gasteiger partial charge is 0.191 e. The third kappa shape index (κ3) is 3.12. The molecule has 0 fully saturated rings. The quantitative estimate of drug-likeness (QED) is 0.405. The van der Waals surface area contributed by atoms with Crippen molar-refractivity contribution >= 4 is 33.5 Å². The molecule has 5 rings (SSSR count). The van der Waals surface area contributed by atoms with Crippen LogP contribution in [0.25, 0.3) is 44.3 Å². The summed E-state index contributed by atoms with van der Waals surface area (Å²) < 4.78 is 15.1. The molecule has 1 N–H and O–H groups in total. The number of nitrogens with zero attached hydrogens (tertiary/aromatic N) is 3. The Morgan fingerprint density at radius 2 is 1.94 bits per heavy atom. The molecule has 0 saturated carbocycles. The van der Waals surface area contributed by atoms with Gasteiger partial charge in [0.05, 0.1) is 27.2 Å². The number of nitriles is 1. The van der Waals surface area contributed by atoms with Crippen LogP contribution >= 0.6 is 11.6 Å². The van der Waals surface area contributed by atoms with Crippen LogP contribution in [0.15, 0.2) is 71.8 Å². The summed E-state index contributed by atoms with van der Waals surface area (Å²) in [6.45, 7) is 0. The molecular formula is C24H12ClFN4O. The lowest BCUT2D eigenvalue weighted by molar-refractivity contribution is 0.627. The zero-order valence-electron chi connectivity index (χ0n) is 15.9. The number of nitrogens with one attached hydrogen (secondary N) is 1. The van der Waals surface area contributed by atoms with Gasteiger partial charge < -0.3 is 4.98 Å². The van der Waals surface area contributed by atoms with Gasteiger partial charge in [0.25, 0.3) is 0 Å². The van der Waals surface area contributed by atoms with Crippen molar-refractivity contribution in [3.05, 3.63) is 93.6 Å². The van der Waals surface area contributed by atoms with Crippen molar-refractivity contribution in [1.82, 2.24) is 15.0 Å². The van der Waals surface area contributed by atoms with Gasteiger partial charge in [-0.15, -0.1) is 0 Å². The molecule has 0 saturated heterocycles. The van der Waals surface area contributed by atoms with Gasteiger partial charge in [0.2, 0.25) is 0 Å². The number of benzene rings is 2. The Kier molecular flexibility index (Phi) is 4.46. The fourth-order valence-electron chi connectivity index (χ4n) is 3.63. The molecule has 0 radical (unpaired) electrons. The number of aromatic amines is 1. The van der Waals surface area contributed by atoms with Gasteiger partial charge >= 0.3 is 0 Å². The van der Waals surface area contributed by atoms with Crippen LogP contribution in [0, 0.1) is 17.1 Å². The molecule has 31 heavy (non-hydrogen) atoms. The number of rotatable bonds is 2. The van der Waals surface area contributed by atoms with Gasteiger partial charge in [-0.3, -0.25) is 9.78 Å². The van der Waals surface area contributed by atoms with Crippen LogP contribution < -0.4 is 5.43 Å². The Morgan fingerprint density at radius 1 is 1.06 bits per heavy atom. The Labute approximate surface area is 180 Å². The lowest BCUT2D eigenvalue weighted by Crippen LogP contribution is -2.04. The minimum atomic E-state index is -0.676. The number of aromatic nitrogens is 3. The normalized spacial score (nSPS) is 11.0. The maximum absolute atomic E-state index is 15.1. The summed E-state index contributed by atoms with van der Waals surface area (Å²) in [5, 5.41) is 10.8. The molecule has 3 heterocycles. The molecule has 0 unspecified atom stereocenters. The predicted molar refractivity (Wildman–Crippen MR) is 118 cm³/mol. The van der Waals surface area contributed by atoms with Crippen molar-refractivity contribution in [3.63, 3.8) is 0 Å². The Morgan fingerprint density at radius 3 is 2.77 bits per heavy atom. The zero-order valence-corrected chi connectivity index (χ0v) is 16.6. The molecule has 148 valence electrons. The summed E-state index contributed by atoms with van der Waals surface area (Å²) in [6, 6.07) is 16.7. The Hall–Kier alpha value is -4.08. The van der Waals surface area contributed by atoms with Crippen LogP contribution in [-0.2, 0) is 0 Å². The van der Waals surface area contributed by atoms with Crippen LogP contribution in [0.5, 0.6) is 0 Å². The fourth-order valence-corrected chi connectivity index (χ4v) is 3.90. The second-order valence-electron chi connectivity index (χ2n) is 6.93. The van der Waals surface area contributed by atoms with E-state index in [1.54, 1.807) is 36.5 Å². The second kappa shape index (κ2) is 7.31. The molecule has 0 spiro atoms. The maximum Gasteiger partial charge on any atom is 0.191 e. The standard InChI is InChI=1S/C24H12ClFN4O/c25-19-10-15(9-13-4-2-7-28-22(13)19)17-11-18-20(31)6-8-29-24(18)30-23(17)16-5-1-3-14(12-27)21(16)26/h1-11H,(H,29,30,31). The number of pyridine rings is 3. The summed E-state index contributed by atoms with van der Waals surface area (Å²) in [5.41, 5.74) is 2.28. The second-order valence-corrected chi connectivity index (χ2v) is 7.34. The highest BCUT2D eigenvalue weighted by Gasteiger charge is 2.19. The molecule has 3 aromatic heterocycles. The third-order valence-electron chi connectivity index (χ3n) is 5.09. The first kappa shape index (κ1) is 18.9. The first-order chi connectivity index (χ1) is 15.1. The van der Waals surface area contributed by atoms with Crippen molar-refractivity contribution in [3.8, 4) is 28.5 Å². The van der Waals surface area contributed by atoms with Gasteiger partial charge in [-0.2, -0.15) is 5.26 Å². The van der Waals surface area contributed by atoms with Gasteiger partial charge in [-0.25, -0.2) is 9.37 Å². The molecule has 0 aliphatic rings. The van der Waals surface area contributed by atoms with Crippen LogP contribution in [0.4, 0.5) is 4.39 Å². The average molecular weight is 427 g/mol. The van der Waals surface area contributed by atoms with Crippen molar-refractivity contribution in [2.45, 2.75) is 0 Å². The first-order valence-electron chi connectivity index (χ1n) is 9.33. The minimum absolute atomic E-state index is 0.0901. The van der Waals surface area contributed by atoms with E-state index in [1.807, 2.05) is 18.2 Å². The van der Waals surface area contributed by atoms with E-state index in [0.29, 0.717) is 38.4 Å². The molecule has 0 aliphatic heterocycles. The monoisotopic (exact) mass is 426 g/mol. The minimum Gasteiger partial charge on any atom is -0.346 e. The van der Waals surface area contributed by atoms with Crippen molar-refractivity contribution in [2.24, 2.45) is 0 Å². The van der Waals surface area contributed by atoms with Gasteiger partial charge in [0.1, 0.15) is 17.5 Å². The van der Waals surface area contributed by atoms with Gasteiger partial charge in [0, 0.05) is 35.0 Å². The van der Waals surface area contributed by atoms with Crippen LogP contribution in [0.3, 0.4) is 0 Å². The SMILES string of the molecule is N#Cc1cccc(-c2nc3[nH]ccc(=O)c3cc2-c2cc(Cl)c3ncccc3c2)c1F. The van der Waals surface area contributed by atoms with E-state index in [4.69, 9.17) is 11.6 Å². The molecule has 0 atom stereocenters. The first-order valence-corrected chi connectivity index (χ1v) is 9.70. The van der Waals surface area contributed by atoms with E-state index in [9.17, 15) is 10.1 Å². The number of halogens is 2. The average Bonchev–Trinajstić information content (AvgIpc) is 2.79. The van der Waals surface area contributed by atoms with Gasteiger partial charge in [0.15, 0.2) is 5.43 Å². The molecule has 2 aromatic carbocycles. The predicted octanol–water partition coefficient (Wildman–Crippen LogP) is 5.47. The van der Waals surface area contributed by atoms with E-state index in [1.165, 1.54) is 18.3 Å². The summed E-state index contributed by atoms with van der Waals surface area (Å²) >= 11 is 6.47. The highest BCUT2D eigenvalue weighted by molar-refractivity contribution is 6.35. The molecule has 0 bridgehead atoms. The van der Waals surface area contributed by atoms with Gasteiger partial charge in [-0.1, -0.05) is 23.7 Å². The lowest BCUT2D eigenvalue weighted by atomic mass is 9.95. The highest BCUT2D eigenvalue weighted by atomic mass is 35.5. The van der Waals surface area contributed by atoms with Crippen LogP contribution in [0.2, 0.25) is 5.02 Å². The largest absolute Gasteiger partial charge is 0.346 e. The van der Waals surface area contributed by atoms with E-state index >= 15 is 4.39 Å². The topological polar surface area (TPSA) is 82.4 Å². The molecule has 0 aliphatic carbocycles. The molecule has 5 aromatic rings. The third-order valence-corrected chi connectivity index (χ3v) is 5.37. The number of hydrogen-bond donors (Lipinski definition) is 1. The number of fused-ring (bicyclic) bond motifs is 2. The molecule has 0 amide bonds. The van der Waals surface area contributed by atoms with Crippen LogP contribution in [0.1, 0.15) is 5.56 Å². The van der Waals surface area contributed by atoms with Crippen molar-refractivity contribution in [1.29, 1.82) is 5.26 Å². The summed E-state index contributed by atoms with van der Waals surface area (Å²) in [6.07, 6.45) is 3.14.